The Morgan fingerprint density at radius 2 is 1.84 bits per heavy atom. The van der Waals surface area contributed by atoms with Crippen molar-refractivity contribution in [1.29, 1.82) is 0 Å². The molecule has 3 aliphatic rings. The number of rotatable bonds is 3. The second-order valence-corrected chi connectivity index (χ2v) is 8.88. The van der Waals surface area contributed by atoms with E-state index in [4.69, 9.17) is 4.74 Å². The van der Waals surface area contributed by atoms with Gasteiger partial charge in [-0.15, -0.1) is 11.8 Å². The van der Waals surface area contributed by atoms with E-state index in [9.17, 15) is 9.59 Å². The van der Waals surface area contributed by atoms with Gasteiger partial charge in [-0.3, -0.25) is 9.59 Å². The highest BCUT2D eigenvalue weighted by atomic mass is 127. The van der Waals surface area contributed by atoms with Gasteiger partial charge in [0.25, 0.3) is 0 Å². The summed E-state index contributed by atoms with van der Waals surface area (Å²) in [7, 11) is 0. The molecule has 0 unspecified atom stereocenters. The second kappa shape index (κ2) is 7.04. The Morgan fingerprint density at radius 1 is 1.12 bits per heavy atom. The SMILES string of the molecule is O=C1C(=O)c2ccccc2C2=C1SCC1(CCN(CCCI)CC1)O2. The summed E-state index contributed by atoms with van der Waals surface area (Å²) < 4.78 is 7.66. The molecular weight excluding hydrogens is 449 g/mol. The molecule has 0 saturated carbocycles. The summed E-state index contributed by atoms with van der Waals surface area (Å²) >= 11 is 3.94. The molecule has 1 aromatic rings. The van der Waals surface area contributed by atoms with Crippen molar-refractivity contribution in [1.82, 2.24) is 4.90 Å². The van der Waals surface area contributed by atoms with Crippen LogP contribution in [0.3, 0.4) is 0 Å². The average molecular weight is 469 g/mol. The van der Waals surface area contributed by atoms with E-state index < -0.39 is 11.6 Å². The number of benzene rings is 1. The van der Waals surface area contributed by atoms with E-state index >= 15 is 0 Å². The van der Waals surface area contributed by atoms with Gasteiger partial charge in [-0.1, -0.05) is 46.9 Å². The number of nitrogens with zero attached hydrogens (tertiary/aromatic N) is 1. The number of allylic oxidation sites excluding steroid dienone is 1. The number of ether oxygens (including phenoxy) is 1. The monoisotopic (exact) mass is 469 g/mol. The first-order chi connectivity index (χ1) is 12.1. The fourth-order valence-corrected chi connectivity index (χ4v) is 5.33. The summed E-state index contributed by atoms with van der Waals surface area (Å²) in [4.78, 5) is 27.8. The molecule has 1 fully saturated rings. The minimum absolute atomic E-state index is 0.210. The molecule has 0 aromatic heterocycles. The van der Waals surface area contributed by atoms with Crippen LogP contribution in [0.5, 0.6) is 0 Å². The number of hydrogen-bond donors (Lipinski definition) is 0. The average Bonchev–Trinajstić information content (AvgIpc) is 2.66. The third-order valence-corrected chi connectivity index (χ3v) is 7.30. The predicted molar refractivity (Wildman–Crippen MR) is 108 cm³/mol. The van der Waals surface area contributed by atoms with Gasteiger partial charge in [-0.05, 0) is 13.0 Å². The molecule has 2 aliphatic heterocycles. The maximum Gasteiger partial charge on any atom is 0.243 e. The number of alkyl halides is 1. The van der Waals surface area contributed by atoms with Crippen molar-refractivity contribution in [3.8, 4) is 0 Å². The number of ketones is 2. The van der Waals surface area contributed by atoms with Crippen molar-refractivity contribution in [2.75, 3.05) is 29.8 Å². The summed E-state index contributed by atoms with van der Waals surface area (Å²) in [6.07, 6.45) is 3.17. The lowest BCUT2D eigenvalue weighted by molar-refractivity contribution is -0.111. The van der Waals surface area contributed by atoms with E-state index in [1.165, 1.54) is 22.6 Å². The lowest BCUT2D eigenvalue weighted by Gasteiger charge is -2.45. The first-order valence-corrected chi connectivity index (χ1v) is 11.2. The number of thioether (sulfide) groups is 1. The Labute approximate surface area is 165 Å². The number of halogens is 1. The fourth-order valence-electron chi connectivity index (χ4n) is 3.73. The zero-order valence-electron chi connectivity index (χ0n) is 13.9. The van der Waals surface area contributed by atoms with Gasteiger partial charge in [0.15, 0.2) is 0 Å². The molecular formula is C19H20INO3S. The van der Waals surface area contributed by atoms with E-state index in [2.05, 4.69) is 27.5 Å². The summed E-state index contributed by atoms with van der Waals surface area (Å²) in [5.74, 6) is 0.577. The number of fused-ring (bicyclic) bond motifs is 2. The molecule has 4 rings (SSSR count). The van der Waals surface area contributed by atoms with Crippen LogP contribution in [-0.2, 0) is 9.53 Å². The topological polar surface area (TPSA) is 46.6 Å². The minimum atomic E-state index is -0.409. The Hall–Kier alpha value is -0.860. The van der Waals surface area contributed by atoms with E-state index in [0.717, 1.165) is 43.8 Å². The highest BCUT2D eigenvalue weighted by molar-refractivity contribution is 14.1. The van der Waals surface area contributed by atoms with Crippen LogP contribution >= 0.6 is 34.4 Å². The predicted octanol–water partition coefficient (Wildman–Crippen LogP) is 3.54. The molecule has 0 radical (unpaired) electrons. The number of Topliss-reactive ketones (excluding diaryl/α,β-unsaturated/α-hetero) is 2. The van der Waals surface area contributed by atoms with Crippen molar-refractivity contribution in [3.63, 3.8) is 0 Å². The van der Waals surface area contributed by atoms with Crippen molar-refractivity contribution in [3.05, 3.63) is 40.3 Å². The lowest BCUT2D eigenvalue weighted by Crippen LogP contribution is -2.49. The first kappa shape index (κ1) is 17.5. The molecule has 2 heterocycles. The maximum atomic E-state index is 12.4. The number of hydrogen-bond acceptors (Lipinski definition) is 5. The van der Waals surface area contributed by atoms with E-state index in [-0.39, 0.29) is 5.60 Å². The van der Waals surface area contributed by atoms with Crippen LogP contribution < -0.4 is 0 Å². The largest absolute Gasteiger partial charge is 0.484 e. The molecule has 0 N–H and O–H groups in total. The Balaban J connectivity index is 1.58. The van der Waals surface area contributed by atoms with Crippen LogP contribution in [0.25, 0.3) is 5.76 Å². The standard InChI is InChI=1S/C19H20INO3S/c20-8-3-9-21-10-6-19(7-11-21)12-25-18-16(23)15(22)13-4-1-2-5-14(13)17(18)24-19/h1-2,4-5H,3,6-12H2. The second-order valence-electron chi connectivity index (χ2n) is 6.82. The molecule has 25 heavy (non-hydrogen) atoms. The molecule has 1 spiro atoms. The van der Waals surface area contributed by atoms with Crippen LogP contribution in [0.1, 0.15) is 35.2 Å². The van der Waals surface area contributed by atoms with Gasteiger partial charge in [0.1, 0.15) is 16.3 Å². The van der Waals surface area contributed by atoms with Gasteiger partial charge in [0.05, 0.1) is 0 Å². The first-order valence-electron chi connectivity index (χ1n) is 8.66. The number of piperidine rings is 1. The Morgan fingerprint density at radius 3 is 2.56 bits per heavy atom. The van der Waals surface area contributed by atoms with E-state index in [0.29, 0.717) is 16.2 Å². The lowest BCUT2D eigenvalue weighted by atomic mass is 9.90. The molecule has 4 nitrogen and oxygen atoms in total. The minimum Gasteiger partial charge on any atom is -0.484 e. The third kappa shape index (κ3) is 3.17. The summed E-state index contributed by atoms with van der Waals surface area (Å²) in [6.45, 7) is 3.22. The van der Waals surface area contributed by atoms with Crippen LogP contribution in [0.2, 0.25) is 0 Å². The molecule has 6 heteroatoms. The highest BCUT2D eigenvalue weighted by Gasteiger charge is 2.45. The van der Waals surface area contributed by atoms with Crippen LogP contribution in [0, 0.1) is 0 Å². The van der Waals surface area contributed by atoms with Crippen molar-refractivity contribution >= 4 is 51.7 Å². The zero-order valence-corrected chi connectivity index (χ0v) is 16.9. The summed E-state index contributed by atoms with van der Waals surface area (Å²) in [5.41, 5.74) is 1.04. The molecule has 132 valence electrons. The van der Waals surface area contributed by atoms with E-state index in [1.807, 2.05) is 12.1 Å². The van der Waals surface area contributed by atoms with Crippen molar-refractivity contribution in [2.24, 2.45) is 0 Å². The third-order valence-electron chi connectivity index (χ3n) is 5.21. The highest BCUT2D eigenvalue weighted by Crippen LogP contribution is 2.47. The van der Waals surface area contributed by atoms with Gasteiger partial charge in [-0.25, -0.2) is 0 Å². The normalized spacial score (nSPS) is 22.6. The van der Waals surface area contributed by atoms with Gasteiger partial charge >= 0.3 is 0 Å². The van der Waals surface area contributed by atoms with Gasteiger partial charge in [0, 0.05) is 47.2 Å². The van der Waals surface area contributed by atoms with Crippen LogP contribution in [0.15, 0.2) is 29.2 Å². The molecule has 1 aliphatic carbocycles. The number of carbonyl (C=O) groups excluding carboxylic acids is 2. The molecule has 0 amide bonds. The fraction of sp³-hybridized carbons (Fsp3) is 0.474. The molecule has 0 bridgehead atoms. The molecule has 1 saturated heterocycles. The van der Waals surface area contributed by atoms with Crippen LogP contribution in [0.4, 0.5) is 0 Å². The zero-order chi connectivity index (χ0) is 17.4. The maximum absolute atomic E-state index is 12.4. The summed E-state index contributed by atoms with van der Waals surface area (Å²) in [6, 6.07) is 7.31. The van der Waals surface area contributed by atoms with Crippen molar-refractivity contribution < 1.29 is 14.3 Å². The van der Waals surface area contributed by atoms with E-state index in [1.54, 1.807) is 12.1 Å². The Kier molecular flexibility index (Phi) is 4.94. The van der Waals surface area contributed by atoms with Crippen LogP contribution in [-0.4, -0.2) is 51.9 Å². The summed E-state index contributed by atoms with van der Waals surface area (Å²) in [5, 5.41) is 0. The molecule has 0 atom stereocenters. The van der Waals surface area contributed by atoms with Crippen molar-refractivity contribution in [2.45, 2.75) is 24.9 Å². The van der Waals surface area contributed by atoms with Gasteiger partial charge in [-0.2, -0.15) is 0 Å². The van der Waals surface area contributed by atoms with Gasteiger partial charge in [0.2, 0.25) is 11.6 Å². The number of carbonyl (C=O) groups is 2. The number of likely N-dealkylation sites (tertiary alicyclic amines) is 1. The van der Waals surface area contributed by atoms with Gasteiger partial charge < -0.3 is 9.64 Å². The smallest absolute Gasteiger partial charge is 0.243 e. The quantitative estimate of drug-likeness (QED) is 0.385. The Bertz CT molecular complexity index is 753. The molecule has 1 aromatic carbocycles.